The third kappa shape index (κ3) is 6.92. The molecular weight excluding hydrogens is 470 g/mol. The van der Waals surface area contributed by atoms with Crippen molar-refractivity contribution in [2.24, 2.45) is 5.92 Å². The molecule has 0 aliphatic heterocycles. The van der Waals surface area contributed by atoms with Gasteiger partial charge in [-0.15, -0.1) is 0 Å². The summed E-state index contributed by atoms with van der Waals surface area (Å²) in [7, 11) is 2.83. The lowest BCUT2D eigenvalue weighted by Crippen LogP contribution is -2.19. The summed E-state index contributed by atoms with van der Waals surface area (Å²) in [6, 6.07) is 10.6. The third-order valence-electron chi connectivity index (χ3n) is 5.78. The molecule has 190 valence electrons. The minimum Gasteiger partial charge on any atom is -0.463 e. The molecule has 10 nitrogen and oxygen atoms in total. The number of nitrogens with one attached hydrogen (secondary N) is 2. The van der Waals surface area contributed by atoms with E-state index in [1.165, 1.54) is 58.4 Å². The number of para-hydroxylation sites is 1. The fourth-order valence-electron chi connectivity index (χ4n) is 3.88. The van der Waals surface area contributed by atoms with Crippen LogP contribution in [-0.4, -0.2) is 59.2 Å². The van der Waals surface area contributed by atoms with Gasteiger partial charge < -0.3 is 19.4 Å². The molecule has 4 rings (SSSR count). The van der Waals surface area contributed by atoms with Gasteiger partial charge in [-0.05, 0) is 50.1 Å². The summed E-state index contributed by atoms with van der Waals surface area (Å²) in [6.45, 7) is 0.991. The zero-order chi connectivity index (χ0) is 25.4. The zero-order valence-corrected chi connectivity index (χ0v) is 21.4. The Hall–Kier alpha value is -3.18. The molecule has 0 saturated heterocycles. The molecule has 0 spiro atoms. The van der Waals surface area contributed by atoms with Crippen LogP contribution in [0.2, 0.25) is 0 Å². The Balaban J connectivity index is 0.000000214. The van der Waals surface area contributed by atoms with E-state index in [2.05, 4.69) is 41.8 Å². The van der Waals surface area contributed by atoms with E-state index >= 15 is 0 Å². The quantitative estimate of drug-likeness (QED) is 0.464. The molecule has 0 bridgehead atoms. The molecular formula is C24H33N5O5S. The lowest BCUT2D eigenvalue weighted by atomic mass is 9.89. The van der Waals surface area contributed by atoms with Crippen molar-refractivity contribution in [3.05, 3.63) is 42.2 Å². The van der Waals surface area contributed by atoms with Crippen LogP contribution in [0, 0.1) is 5.92 Å². The number of esters is 1. The van der Waals surface area contributed by atoms with Crippen molar-refractivity contribution in [1.29, 1.82) is 0 Å². The third-order valence-corrected chi connectivity index (χ3v) is 7.07. The fourth-order valence-corrected chi connectivity index (χ4v) is 4.53. The number of carbonyl (C=O) groups is 1. The van der Waals surface area contributed by atoms with Crippen LogP contribution in [0.25, 0.3) is 10.9 Å². The van der Waals surface area contributed by atoms with E-state index in [1.807, 2.05) is 26.2 Å². The first-order valence-corrected chi connectivity index (χ1v) is 13.0. The maximum atomic E-state index is 11.2. The normalized spacial score (nSPS) is 14.2. The van der Waals surface area contributed by atoms with Crippen LogP contribution in [0.5, 0.6) is 0 Å². The summed E-state index contributed by atoms with van der Waals surface area (Å²) in [5.41, 5.74) is 1.00. The Bertz CT molecular complexity index is 1240. The second-order valence-corrected chi connectivity index (χ2v) is 10.3. The van der Waals surface area contributed by atoms with Crippen molar-refractivity contribution < 1.29 is 22.4 Å². The van der Waals surface area contributed by atoms with E-state index in [0.717, 1.165) is 35.1 Å². The molecule has 1 aromatic carbocycles. The Morgan fingerprint density at radius 3 is 2.49 bits per heavy atom. The Morgan fingerprint density at radius 1 is 1.11 bits per heavy atom. The monoisotopic (exact) mass is 503 g/mol. The highest BCUT2D eigenvalue weighted by Gasteiger charge is 2.19. The van der Waals surface area contributed by atoms with Gasteiger partial charge in [-0.25, -0.2) is 22.9 Å². The SMILES string of the molecule is CN(C)c1nc(NCC2CCCCC2)nc2ccccc12.CNS(=O)(=O)c1ccc(C(=O)OC)o1. The van der Waals surface area contributed by atoms with E-state index < -0.39 is 16.0 Å². The Labute approximate surface area is 206 Å². The molecule has 3 aromatic rings. The number of carbonyl (C=O) groups excluding carboxylic acids is 1. The van der Waals surface area contributed by atoms with Gasteiger partial charge in [-0.3, -0.25) is 0 Å². The molecule has 1 fully saturated rings. The lowest BCUT2D eigenvalue weighted by molar-refractivity contribution is 0.0559. The van der Waals surface area contributed by atoms with Crippen LogP contribution in [0.3, 0.4) is 0 Å². The van der Waals surface area contributed by atoms with Crippen LogP contribution in [0.4, 0.5) is 11.8 Å². The summed E-state index contributed by atoms with van der Waals surface area (Å²) in [5, 5.41) is 4.24. The molecule has 1 aliphatic carbocycles. The summed E-state index contributed by atoms with van der Waals surface area (Å²) in [4.78, 5) is 22.3. The molecule has 1 saturated carbocycles. The van der Waals surface area contributed by atoms with Crippen LogP contribution >= 0.6 is 0 Å². The lowest BCUT2D eigenvalue weighted by Gasteiger charge is -2.22. The number of methoxy groups -OCH3 is 1. The van der Waals surface area contributed by atoms with Crippen molar-refractivity contribution in [2.75, 3.05) is 45.0 Å². The van der Waals surface area contributed by atoms with Gasteiger partial charge >= 0.3 is 5.97 Å². The maximum absolute atomic E-state index is 11.2. The van der Waals surface area contributed by atoms with Crippen LogP contribution in [-0.2, 0) is 14.8 Å². The summed E-state index contributed by atoms with van der Waals surface area (Å²) < 4.78 is 33.5. The molecule has 0 atom stereocenters. The number of aromatic nitrogens is 2. The Morgan fingerprint density at radius 2 is 1.83 bits per heavy atom. The number of benzene rings is 1. The minimum atomic E-state index is -3.64. The van der Waals surface area contributed by atoms with Crippen molar-refractivity contribution in [3.63, 3.8) is 0 Å². The highest BCUT2D eigenvalue weighted by atomic mass is 32.2. The second-order valence-electron chi connectivity index (χ2n) is 8.49. The summed E-state index contributed by atoms with van der Waals surface area (Å²) in [6.07, 6.45) is 6.80. The number of furan rings is 1. The van der Waals surface area contributed by atoms with E-state index in [4.69, 9.17) is 4.42 Å². The maximum Gasteiger partial charge on any atom is 0.374 e. The standard InChI is InChI=1S/C17H24N4.C7H9NO5S/c1-21(2)16-14-10-6-7-11-15(14)19-17(20-16)18-12-13-8-4-3-5-9-13;1-8-14(10,11)6-4-3-5(13-6)7(9)12-2/h6-7,10-11,13H,3-5,8-9,12H2,1-2H3,(H,18,19,20);3-4,8H,1-2H3. The van der Waals surface area contributed by atoms with Gasteiger partial charge in [0.2, 0.25) is 16.8 Å². The number of hydrogen-bond donors (Lipinski definition) is 2. The minimum absolute atomic E-state index is 0.152. The Kier molecular flexibility index (Phi) is 9.05. The average molecular weight is 504 g/mol. The van der Waals surface area contributed by atoms with Crippen LogP contribution in [0.15, 0.2) is 45.9 Å². The van der Waals surface area contributed by atoms with E-state index in [0.29, 0.717) is 0 Å². The first kappa shape index (κ1) is 26.4. The number of sulfonamides is 1. The molecule has 2 heterocycles. The van der Waals surface area contributed by atoms with Gasteiger partial charge in [-0.1, -0.05) is 31.4 Å². The van der Waals surface area contributed by atoms with Crippen LogP contribution in [0.1, 0.15) is 42.7 Å². The van der Waals surface area contributed by atoms with Gasteiger partial charge in [-0.2, -0.15) is 4.98 Å². The van der Waals surface area contributed by atoms with E-state index in [1.54, 1.807) is 0 Å². The topological polar surface area (TPSA) is 127 Å². The van der Waals surface area contributed by atoms with Crippen molar-refractivity contribution in [2.45, 2.75) is 37.2 Å². The summed E-state index contributed by atoms with van der Waals surface area (Å²) >= 11 is 0. The highest BCUT2D eigenvalue weighted by molar-refractivity contribution is 7.89. The number of rotatable bonds is 7. The van der Waals surface area contributed by atoms with Gasteiger partial charge in [0.1, 0.15) is 5.82 Å². The van der Waals surface area contributed by atoms with Gasteiger partial charge in [0.25, 0.3) is 10.0 Å². The van der Waals surface area contributed by atoms with Crippen molar-refractivity contribution >= 4 is 38.7 Å². The van der Waals surface area contributed by atoms with E-state index in [-0.39, 0.29) is 10.9 Å². The molecule has 2 N–H and O–H groups in total. The highest BCUT2D eigenvalue weighted by Crippen LogP contribution is 2.26. The fraction of sp³-hybridized carbons (Fsp3) is 0.458. The molecule has 35 heavy (non-hydrogen) atoms. The second kappa shape index (κ2) is 12.0. The van der Waals surface area contributed by atoms with Gasteiger partial charge in [0.05, 0.1) is 12.6 Å². The smallest absolute Gasteiger partial charge is 0.374 e. The number of anilines is 2. The first-order chi connectivity index (χ1) is 16.7. The number of fused-ring (bicyclic) bond motifs is 1. The van der Waals surface area contributed by atoms with Crippen LogP contribution < -0.4 is 14.9 Å². The molecule has 0 amide bonds. The predicted molar refractivity (Wildman–Crippen MR) is 135 cm³/mol. The molecule has 0 radical (unpaired) electrons. The van der Waals surface area contributed by atoms with Gasteiger partial charge in [0.15, 0.2) is 0 Å². The largest absolute Gasteiger partial charge is 0.463 e. The summed E-state index contributed by atoms with van der Waals surface area (Å²) in [5.74, 6) is 1.63. The molecule has 1 aliphatic rings. The number of nitrogens with zero attached hydrogens (tertiary/aromatic N) is 3. The van der Waals surface area contributed by atoms with Crippen molar-refractivity contribution in [1.82, 2.24) is 14.7 Å². The molecule has 0 unspecified atom stereocenters. The van der Waals surface area contributed by atoms with E-state index in [9.17, 15) is 13.2 Å². The predicted octanol–water partition coefficient (Wildman–Crippen LogP) is 3.66. The first-order valence-electron chi connectivity index (χ1n) is 11.5. The zero-order valence-electron chi connectivity index (χ0n) is 20.6. The number of hydrogen-bond acceptors (Lipinski definition) is 9. The average Bonchev–Trinajstić information content (AvgIpc) is 3.39. The molecule has 2 aromatic heterocycles. The molecule has 11 heteroatoms. The number of ether oxygens (including phenoxy) is 1. The van der Waals surface area contributed by atoms with Gasteiger partial charge in [0, 0.05) is 26.0 Å². The van der Waals surface area contributed by atoms with Crippen molar-refractivity contribution in [3.8, 4) is 0 Å².